The lowest BCUT2D eigenvalue weighted by Gasteiger charge is -2.26. The summed E-state index contributed by atoms with van der Waals surface area (Å²) in [6.07, 6.45) is 1.58. The number of phenols is 1. The molecule has 6 nitrogen and oxygen atoms in total. The van der Waals surface area contributed by atoms with Crippen LogP contribution < -0.4 is 10.6 Å². The first-order chi connectivity index (χ1) is 14.2. The molecule has 148 valence electrons. The van der Waals surface area contributed by atoms with Gasteiger partial charge >= 0.3 is 0 Å². The zero-order valence-corrected chi connectivity index (χ0v) is 17.4. The van der Waals surface area contributed by atoms with E-state index in [-0.39, 0.29) is 5.75 Å². The summed E-state index contributed by atoms with van der Waals surface area (Å²) in [6.45, 7) is 5.36. The molecule has 4 aromatic rings. The Kier molecular flexibility index (Phi) is 5.15. The summed E-state index contributed by atoms with van der Waals surface area (Å²) in [4.78, 5) is 13.8. The van der Waals surface area contributed by atoms with Crippen molar-refractivity contribution < 1.29 is 5.11 Å². The minimum absolute atomic E-state index is 0.225. The third-order valence-electron chi connectivity index (χ3n) is 4.93. The summed E-state index contributed by atoms with van der Waals surface area (Å²) in [5, 5.41) is 18.7. The van der Waals surface area contributed by atoms with Crippen molar-refractivity contribution in [2.45, 2.75) is 6.54 Å². The molecule has 3 aromatic heterocycles. The first-order valence-electron chi connectivity index (χ1n) is 9.56. The lowest BCUT2D eigenvalue weighted by Crippen LogP contribution is -2.42. The monoisotopic (exact) mass is 423 g/mol. The molecular formula is C21H21N5OS2. The van der Waals surface area contributed by atoms with Crippen molar-refractivity contribution >= 4 is 44.4 Å². The Labute approximate surface area is 176 Å². The largest absolute Gasteiger partial charge is 0.508 e. The van der Waals surface area contributed by atoms with Crippen LogP contribution in [0.2, 0.25) is 0 Å². The number of hydrogen-bond acceptors (Lipinski definition) is 8. The van der Waals surface area contributed by atoms with E-state index in [4.69, 9.17) is 0 Å². The standard InChI is InChI=1S/C21H21N5OS2/c27-16-3-1-2-15(9-16)25-21-20-17(23-13-24-21)10-19(29-20)18-8-14(12-28-18)11-26-6-4-22-5-7-26/h1-3,8-10,12-13,22,27H,4-7,11H2,(H,23,24,25). The average Bonchev–Trinajstić information content (AvgIpc) is 3.36. The molecule has 0 unspecified atom stereocenters. The van der Waals surface area contributed by atoms with Crippen molar-refractivity contribution in [1.82, 2.24) is 20.2 Å². The fourth-order valence-electron chi connectivity index (χ4n) is 3.50. The van der Waals surface area contributed by atoms with Gasteiger partial charge in [0, 0.05) is 54.2 Å². The number of thiophene rings is 2. The van der Waals surface area contributed by atoms with E-state index in [1.54, 1.807) is 41.1 Å². The third kappa shape index (κ3) is 4.11. The fourth-order valence-corrected chi connectivity index (χ4v) is 5.55. The van der Waals surface area contributed by atoms with Crippen LogP contribution in [0.25, 0.3) is 20.0 Å². The summed E-state index contributed by atoms with van der Waals surface area (Å²) in [5.41, 5.74) is 3.10. The normalized spacial score (nSPS) is 15.0. The predicted octanol–water partition coefficient (Wildman–Crippen LogP) is 4.27. The Bertz CT molecular complexity index is 1130. The number of hydrogen-bond donors (Lipinski definition) is 3. The van der Waals surface area contributed by atoms with Gasteiger partial charge in [-0.2, -0.15) is 0 Å². The maximum Gasteiger partial charge on any atom is 0.151 e. The minimum Gasteiger partial charge on any atom is -0.508 e. The summed E-state index contributed by atoms with van der Waals surface area (Å²) in [5.74, 6) is 0.984. The zero-order valence-electron chi connectivity index (χ0n) is 15.8. The number of nitrogens with one attached hydrogen (secondary N) is 2. The lowest BCUT2D eigenvalue weighted by molar-refractivity contribution is 0.233. The Morgan fingerprint density at radius 2 is 2.00 bits per heavy atom. The molecule has 0 atom stereocenters. The van der Waals surface area contributed by atoms with Gasteiger partial charge < -0.3 is 15.7 Å². The number of fused-ring (bicyclic) bond motifs is 1. The molecule has 0 spiro atoms. The van der Waals surface area contributed by atoms with Crippen LogP contribution in [-0.2, 0) is 6.54 Å². The zero-order chi connectivity index (χ0) is 19.6. The number of phenolic OH excluding ortho intramolecular Hbond substituents is 1. The van der Waals surface area contributed by atoms with Gasteiger partial charge in [0.2, 0.25) is 0 Å². The molecule has 1 aliphatic heterocycles. The molecular weight excluding hydrogens is 402 g/mol. The van der Waals surface area contributed by atoms with Crippen LogP contribution in [0.4, 0.5) is 11.5 Å². The number of aromatic nitrogens is 2. The van der Waals surface area contributed by atoms with E-state index in [1.807, 2.05) is 12.1 Å². The summed E-state index contributed by atoms with van der Waals surface area (Å²) >= 11 is 3.48. The molecule has 1 fully saturated rings. The lowest BCUT2D eigenvalue weighted by atomic mass is 10.2. The van der Waals surface area contributed by atoms with Gasteiger partial charge in [-0.05, 0) is 35.2 Å². The second-order valence-corrected chi connectivity index (χ2v) is 9.03. The summed E-state index contributed by atoms with van der Waals surface area (Å²) in [7, 11) is 0. The highest BCUT2D eigenvalue weighted by Crippen LogP contribution is 2.39. The van der Waals surface area contributed by atoms with Crippen molar-refractivity contribution in [2.24, 2.45) is 0 Å². The van der Waals surface area contributed by atoms with Crippen molar-refractivity contribution in [1.29, 1.82) is 0 Å². The molecule has 0 radical (unpaired) electrons. The SMILES string of the molecule is Oc1cccc(Nc2ncnc3cc(-c4cc(CN5CCNCC5)cs4)sc23)c1. The van der Waals surface area contributed by atoms with Crippen molar-refractivity contribution in [2.75, 3.05) is 31.5 Å². The van der Waals surface area contributed by atoms with Gasteiger partial charge in [0.25, 0.3) is 0 Å². The number of rotatable bonds is 5. The van der Waals surface area contributed by atoms with Gasteiger partial charge in [0.1, 0.15) is 12.1 Å². The van der Waals surface area contributed by atoms with Gasteiger partial charge in [-0.3, -0.25) is 4.90 Å². The van der Waals surface area contributed by atoms with Crippen LogP contribution in [0.5, 0.6) is 5.75 Å². The fraction of sp³-hybridized carbons (Fsp3) is 0.238. The second kappa shape index (κ2) is 8.08. The maximum atomic E-state index is 9.70. The number of piperazine rings is 1. The van der Waals surface area contributed by atoms with Gasteiger partial charge in [0.15, 0.2) is 5.82 Å². The van der Waals surface area contributed by atoms with Gasteiger partial charge in [-0.25, -0.2) is 9.97 Å². The van der Waals surface area contributed by atoms with Crippen molar-refractivity contribution in [3.05, 3.63) is 53.7 Å². The number of benzene rings is 1. The predicted molar refractivity (Wildman–Crippen MR) is 120 cm³/mol. The van der Waals surface area contributed by atoms with E-state index in [0.717, 1.165) is 54.4 Å². The van der Waals surface area contributed by atoms with E-state index in [0.29, 0.717) is 0 Å². The topological polar surface area (TPSA) is 73.3 Å². The molecule has 4 heterocycles. The quantitative estimate of drug-likeness (QED) is 0.445. The van der Waals surface area contributed by atoms with Gasteiger partial charge in [0.05, 0.1) is 10.2 Å². The maximum absolute atomic E-state index is 9.70. The third-order valence-corrected chi connectivity index (χ3v) is 7.24. The number of anilines is 2. The van der Waals surface area contributed by atoms with E-state index >= 15 is 0 Å². The molecule has 1 saturated heterocycles. The van der Waals surface area contributed by atoms with Crippen molar-refractivity contribution in [3.8, 4) is 15.5 Å². The molecule has 0 saturated carbocycles. The molecule has 8 heteroatoms. The Morgan fingerprint density at radius 1 is 1.10 bits per heavy atom. The van der Waals surface area contributed by atoms with Crippen LogP contribution in [0.15, 0.2) is 48.1 Å². The Morgan fingerprint density at radius 3 is 2.86 bits per heavy atom. The van der Waals surface area contributed by atoms with Crippen LogP contribution in [0.3, 0.4) is 0 Å². The van der Waals surface area contributed by atoms with E-state index in [9.17, 15) is 5.11 Å². The summed E-state index contributed by atoms with van der Waals surface area (Å²) in [6, 6.07) is 11.5. The van der Waals surface area contributed by atoms with Crippen LogP contribution >= 0.6 is 22.7 Å². The molecule has 0 bridgehead atoms. The van der Waals surface area contributed by atoms with Crippen LogP contribution in [-0.4, -0.2) is 46.2 Å². The van der Waals surface area contributed by atoms with Gasteiger partial charge in [-0.15, -0.1) is 22.7 Å². The van der Waals surface area contributed by atoms with Crippen LogP contribution in [0, 0.1) is 0 Å². The molecule has 1 aromatic carbocycles. The Balaban J connectivity index is 1.40. The van der Waals surface area contributed by atoms with E-state index in [2.05, 4.69) is 43.0 Å². The molecule has 5 rings (SSSR count). The van der Waals surface area contributed by atoms with E-state index < -0.39 is 0 Å². The molecule has 0 aliphatic carbocycles. The minimum atomic E-state index is 0.225. The molecule has 29 heavy (non-hydrogen) atoms. The van der Waals surface area contributed by atoms with Gasteiger partial charge in [-0.1, -0.05) is 6.07 Å². The van der Waals surface area contributed by atoms with Crippen molar-refractivity contribution in [3.63, 3.8) is 0 Å². The first-order valence-corrected chi connectivity index (χ1v) is 11.3. The molecule has 0 amide bonds. The second-order valence-electron chi connectivity index (χ2n) is 7.07. The average molecular weight is 424 g/mol. The number of aromatic hydroxyl groups is 1. The first kappa shape index (κ1) is 18.5. The smallest absolute Gasteiger partial charge is 0.151 e. The molecule has 3 N–H and O–H groups in total. The highest BCUT2D eigenvalue weighted by atomic mass is 32.1. The summed E-state index contributed by atoms with van der Waals surface area (Å²) < 4.78 is 1.02. The Hall–Kier alpha value is -2.52. The highest BCUT2D eigenvalue weighted by Gasteiger charge is 2.14. The van der Waals surface area contributed by atoms with E-state index in [1.165, 1.54) is 15.3 Å². The highest BCUT2D eigenvalue weighted by molar-refractivity contribution is 7.26. The molecule has 1 aliphatic rings. The van der Waals surface area contributed by atoms with Crippen LogP contribution in [0.1, 0.15) is 5.56 Å². The number of nitrogens with zero attached hydrogens (tertiary/aromatic N) is 3.